The molecule has 1 N–H and O–H groups in total. The van der Waals surface area contributed by atoms with Crippen LogP contribution in [0.25, 0.3) is 0 Å². The smallest absolute Gasteiger partial charge is 0.0426 e. The third-order valence-corrected chi connectivity index (χ3v) is 4.92. The first-order valence-electron chi connectivity index (χ1n) is 6.84. The number of hydrogen-bond acceptors (Lipinski definition) is 2. The summed E-state index contributed by atoms with van der Waals surface area (Å²) in [5.41, 5.74) is 2.88. The monoisotopic (exact) mass is 269 g/mol. The maximum atomic E-state index is 3.72. The Kier molecular flexibility index (Phi) is 3.90. The number of benzene rings is 2. The Labute approximate surface area is 119 Å². The van der Waals surface area contributed by atoms with Gasteiger partial charge in [0.1, 0.15) is 0 Å². The van der Waals surface area contributed by atoms with E-state index in [4.69, 9.17) is 0 Å². The standard InChI is InChI=1S/C17H19NS/c1-13(14-7-3-2-4-8-14)11-18-16-12-19-17-10-6-5-9-15(16)17/h2-10,13,16,18H,11-12H2,1H3. The number of hydrogen-bond donors (Lipinski definition) is 1. The third kappa shape index (κ3) is 2.85. The molecule has 1 nitrogen and oxygen atoms in total. The van der Waals surface area contributed by atoms with Crippen LogP contribution in [0.1, 0.15) is 30.0 Å². The van der Waals surface area contributed by atoms with E-state index in [0.29, 0.717) is 12.0 Å². The van der Waals surface area contributed by atoms with Gasteiger partial charge in [-0.25, -0.2) is 0 Å². The van der Waals surface area contributed by atoms with Gasteiger partial charge in [0.15, 0.2) is 0 Å². The average molecular weight is 269 g/mol. The molecule has 0 amide bonds. The van der Waals surface area contributed by atoms with E-state index < -0.39 is 0 Å². The Morgan fingerprint density at radius 3 is 2.68 bits per heavy atom. The molecule has 0 fully saturated rings. The van der Waals surface area contributed by atoms with E-state index in [-0.39, 0.29) is 0 Å². The quantitative estimate of drug-likeness (QED) is 0.891. The van der Waals surface area contributed by atoms with Crippen molar-refractivity contribution in [1.29, 1.82) is 0 Å². The molecule has 2 aromatic carbocycles. The minimum Gasteiger partial charge on any atom is -0.309 e. The molecule has 0 aliphatic carbocycles. The Morgan fingerprint density at radius 2 is 1.84 bits per heavy atom. The van der Waals surface area contributed by atoms with Gasteiger partial charge in [0.25, 0.3) is 0 Å². The normalized spacial score (nSPS) is 19.1. The van der Waals surface area contributed by atoms with Crippen LogP contribution in [0, 0.1) is 0 Å². The lowest BCUT2D eigenvalue weighted by Crippen LogP contribution is -2.25. The molecule has 1 aliphatic rings. The summed E-state index contributed by atoms with van der Waals surface area (Å²) in [5, 5.41) is 3.72. The van der Waals surface area contributed by atoms with E-state index in [2.05, 4.69) is 66.8 Å². The first kappa shape index (κ1) is 12.8. The molecule has 1 aliphatic heterocycles. The van der Waals surface area contributed by atoms with Gasteiger partial charge in [0.2, 0.25) is 0 Å². The van der Waals surface area contributed by atoms with Gasteiger partial charge < -0.3 is 5.32 Å². The summed E-state index contributed by atoms with van der Waals surface area (Å²) in [4.78, 5) is 1.44. The van der Waals surface area contributed by atoms with Crippen molar-refractivity contribution in [3.8, 4) is 0 Å². The van der Waals surface area contributed by atoms with Crippen LogP contribution in [-0.2, 0) is 0 Å². The second-order valence-electron chi connectivity index (χ2n) is 5.12. The maximum absolute atomic E-state index is 3.72. The summed E-state index contributed by atoms with van der Waals surface area (Å²) in [6, 6.07) is 20.0. The van der Waals surface area contributed by atoms with Crippen LogP contribution in [0.5, 0.6) is 0 Å². The Morgan fingerprint density at radius 1 is 1.11 bits per heavy atom. The molecule has 3 rings (SSSR count). The van der Waals surface area contributed by atoms with E-state index in [0.717, 1.165) is 12.3 Å². The summed E-state index contributed by atoms with van der Waals surface area (Å²) in [6.07, 6.45) is 0. The highest BCUT2D eigenvalue weighted by molar-refractivity contribution is 7.99. The zero-order valence-corrected chi connectivity index (χ0v) is 12.0. The van der Waals surface area contributed by atoms with Gasteiger partial charge in [0.05, 0.1) is 0 Å². The number of fused-ring (bicyclic) bond motifs is 1. The fourth-order valence-electron chi connectivity index (χ4n) is 2.55. The first-order valence-corrected chi connectivity index (χ1v) is 7.83. The molecule has 2 unspecified atom stereocenters. The van der Waals surface area contributed by atoms with E-state index in [1.54, 1.807) is 0 Å². The van der Waals surface area contributed by atoms with Crippen LogP contribution >= 0.6 is 11.8 Å². The highest BCUT2D eigenvalue weighted by atomic mass is 32.2. The fourth-order valence-corrected chi connectivity index (χ4v) is 3.75. The van der Waals surface area contributed by atoms with Crippen molar-refractivity contribution in [3.63, 3.8) is 0 Å². The molecule has 0 saturated carbocycles. The predicted molar refractivity (Wildman–Crippen MR) is 82.8 cm³/mol. The first-order chi connectivity index (χ1) is 9.34. The number of rotatable bonds is 4. The SMILES string of the molecule is CC(CNC1CSc2ccccc21)c1ccccc1. The van der Waals surface area contributed by atoms with Crippen molar-refractivity contribution in [2.24, 2.45) is 0 Å². The van der Waals surface area contributed by atoms with Crippen LogP contribution < -0.4 is 5.32 Å². The minimum atomic E-state index is 0.507. The molecule has 0 bridgehead atoms. The molecule has 0 saturated heterocycles. The molecule has 98 valence electrons. The van der Waals surface area contributed by atoms with Crippen LogP contribution in [0.15, 0.2) is 59.5 Å². The molecular formula is C17H19NS. The minimum absolute atomic E-state index is 0.507. The van der Waals surface area contributed by atoms with Gasteiger partial charge >= 0.3 is 0 Å². The molecule has 0 aromatic heterocycles. The topological polar surface area (TPSA) is 12.0 Å². The van der Waals surface area contributed by atoms with Crippen LogP contribution in [0.2, 0.25) is 0 Å². The van der Waals surface area contributed by atoms with Crippen LogP contribution in [0.4, 0.5) is 0 Å². The lowest BCUT2D eigenvalue weighted by molar-refractivity contribution is 0.544. The Hall–Kier alpha value is -1.25. The van der Waals surface area contributed by atoms with Gasteiger partial charge in [-0.05, 0) is 23.1 Å². The Bertz CT molecular complexity index is 538. The summed E-state index contributed by atoms with van der Waals surface area (Å²) in [6.45, 7) is 3.32. The van der Waals surface area contributed by atoms with E-state index in [1.165, 1.54) is 16.0 Å². The van der Waals surface area contributed by atoms with E-state index in [1.807, 2.05) is 11.8 Å². The predicted octanol–water partition coefficient (Wildman–Crippen LogP) is 4.23. The fraction of sp³-hybridized carbons (Fsp3) is 0.294. The lowest BCUT2D eigenvalue weighted by atomic mass is 10.0. The third-order valence-electron chi connectivity index (χ3n) is 3.74. The average Bonchev–Trinajstić information content (AvgIpc) is 2.89. The molecule has 1 heterocycles. The highest BCUT2D eigenvalue weighted by Gasteiger charge is 2.22. The van der Waals surface area contributed by atoms with Crippen LogP contribution in [0.3, 0.4) is 0 Å². The zero-order valence-electron chi connectivity index (χ0n) is 11.2. The molecule has 2 atom stereocenters. The number of thioether (sulfide) groups is 1. The summed E-state index contributed by atoms with van der Waals surface area (Å²) < 4.78 is 0. The molecular weight excluding hydrogens is 250 g/mol. The van der Waals surface area contributed by atoms with Crippen molar-refractivity contribution in [3.05, 3.63) is 65.7 Å². The molecule has 19 heavy (non-hydrogen) atoms. The van der Waals surface area contributed by atoms with Crippen LogP contribution in [-0.4, -0.2) is 12.3 Å². The molecule has 0 spiro atoms. The van der Waals surface area contributed by atoms with Crippen molar-refractivity contribution in [1.82, 2.24) is 5.32 Å². The summed E-state index contributed by atoms with van der Waals surface area (Å²) in [5.74, 6) is 1.71. The largest absolute Gasteiger partial charge is 0.309 e. The van der Waals surface area contributed by atoms with Crippen molar-refractivity contribution in [2.45, 2.75) is 23.8 Å². The molecule has 2 heteroatoms. The lowest BCUT2D eigenvalue weighted by Gasteiger charge is -2.18. The summed E-state index contributed by atoms with van der Waals surface area (Å²) in [7, 11) is 0. The maximum Gasteiger partial charge on any atom is 0.0426 e. The highest BCUT2D eigenvalue weighted by Crippen LogP contribution is 2.37. The van der Waals surface area contributed by atoms with Crippen molar-refractivity contribution in [2.75, 3.05) is 12.3 Å². The second-order valence-corrected chi connectivity index (χ2v) is 6.18. The van der Waals surface area contributed by atoms with Crippen molar-refractivity contribution >= 4 is 11.8 Å². The second kappa shape index (κ2) is 5.81. The van der Waals surface area contributed by atoms with Gasteiger partial charge in [0, 0.05) is 23.2 Å². The zero-order chi connectivity index (χ0) is 13.1. The van der Waals surface area contributed by atoms with E-state index >= 15 is 0 Å². The van der Waals surface area contributed by atoms with Gasteiger partial charge in [-0.1, -0.05) is 55.5 Å². The van der Waals surface area contributed by atoms with E-state index in [9.17, 15) is 0 Å². The number of nitrogens with one attached hydrogen (secondary N) is 1. The Balaban J connectivity index is 1.62. The van der Waals surface area contributed by atoms with Gasteiger partial charge in [-0.2, -0.15) is 0 Å². The summed E-state index contributed by atoms with van der Waals surface area (Å²) >= 11 is 1.96. The molecule has 2 aromatic rings. The van der Waals surface area contributed by atoms with Crippen molar-refractivity contribution < 1.29 is 0 Å². The van der Waals surface area contributed by atoms with Gasteiger partial charge in [-0.15, -0.1) is 11.8 Å². The van der Waals surface area contributed by atoms with Gasteiger partial charge in [-0.3, -0.25) is 0 Å². The molecule has 0 radical (unpaired) electrons.